The van der Waals surface area contributed by atoms with E-state index >= 15 is 0 Å². The van der Waals surface area contributed by atoms with Crippen LogP contribution in [0, 0.1) is 0 Å². The van der Waals surface area contributed by atoms with Crippen LogP contribution < -0.4 is 0 Å². The van der Waals surface area contributed by atoms with Crippen LogP contribution in [0.15, 0.2) is 47.1 Å². The zero-order valence-corrected chi connectivity index (χ0v) is 13.9. The zero-order chi connectivity index (χ0) is 16.8. The van der Waals surface area contributed by atoms with Crippen LogP contribution in [0.5, 0.6) is 0 Å². The quantitative estimate of drug-likeness (QED) is 0.632. The molecule has 0 aliphatic carbocycles. The Kier molecular flexibility index (Phi) is 5.35. The van der Waals surface area contributed by atoms with Gasteiger partial charge in [-0.15, -0.1) is 10.2 Å². The van der Waals surface area contributed by atoms with Crippen LogP contribution in [0.3, 0.4) is 0 Å². The lowest BCUT2D eigenvalue weighted by molar-refractivity contribution is 0.184. The molecule has 1 aromatic carbocycles. The summed E-state index contributed by atoms with van der Waals surface area (Å²) in [6, 6.07) is 9.76. The van der Waals surface area contributed by atoms with E-state index in [1.165, 1.54) is 0 Å². The number of imidazole rings is 1. The van der Waals surface area contributed by atoms with E-state index in [1.807, 2.05) is 43.6 Å². The van der Waals surface area contributed by atoms with Gasteiger partial charge in [-0.1, -0.05) is 18.2 Å². The summed E-state index contributed by atoms with van der Waals surface area (Å²) in [5.41, 5.74) is 0.925. The molecule has 2 heterocycles. The molecule has 0 aliphatic rings. The van der Waals surface area contributed by atoms with Crippen LogP contribution in [0.25, 0.3) is 11.5 Å². The average Bonchev–Trinajstić information content (AvgIpc) is 3.23. The van der Waals surface area contributed by atoms with Crippen molar-refractivity contribution in [2.75, 3.05) is 20.8 Å². The lowest BCUT2D eigenvalue weighted by Gasteiger charge is -2.15. The van der Waals surface area contributed by atoms with Gasteiger partial charge >= 0.3 is 0 Å². The molecule has 7 heteroatoms. The molecular weight excluding hydrogens is 306 g/mol. The third kappa shape index (κ3) is 4.06. The van der Waals surface area contributed by atoms with Crippen molar-refractivity contribution in [3.63, 3.8) is 0 Å². The highest BCUT2D eigenvalue weighted by Gasteiger charge is 2.12. The molecule has 0 aliphatic heterocycles. The van der Waals surface area contributed by atoms with Gasteiger partial charge < -0.3 is 13.7 Å². The van der Waals surface area contributed by atoms with Crippen LogP contribution in [0.2, 0.25) is 0 Å². The number of methoxy groups -OCH3 is 1. The molecule has 0 bridgehead atoms. The van der Waals surface area contributed by atoms with E-state index in [-0.39, 0.29) is 0 Å². The fourth-order valence-corrected chi connectivity index (χ4v) is 2.43. The first-order valence-electron chi connectivity index (χ1n) is 7.81. The van der Waals surface area contributed by atoms with E-state index in [0.29, 0.717) is 31.5 Å². The SMILES string of the molecule is COCCn1ccnc1CN(C)Cc1nnc(-c2ccccc2)o1. The Balaban J connectivity index is 1.60. The lowest BCUT2D eigenvalue weighted by atomic mass is 10.2. The maximum absolute atomic E-state index is 5.74. The van der Waals surface area contributed by atoms with Gasteiger partial charge in [0.1, 0.15) is 5.82 Å². The molecule has 0 saturated carbocycles. The van der Waals surface area contributed by atoms with E-state index in [9.17, 15) is 0 Å². The second kappa shape index (κ2) is 7.85. The molecule has 2 aromatic heterocycles. The summed E-state index contributed by atoms with van der Waals surface area (Å²) in [5.74, 6) is 2.12. The van der Waals surface area contributed by atoms with Crippen molar-refractivity contribution in [1.82, 2.24) is 24.6 Å². The number of rotatable bonds is 8. The van der Waals surface area contributed by atoms with E-state index in [0.717, 1.165) is 17.9 Å². The molecule has 0 spiro atoms. The van der Waals surface area contributed by atoms with Gasteiger partial charge in [-0.05, 0) is 19.2 Å². The fraction of sp³-hybridized carbons (Fsp3) is 0.353. The van der Waals surface area contributed by atoms with Gasteiger partial charge in [-0.25, -0.2) is 4.98 Å². The van der Waals surface area contributed by atoms with Crippen molar-refractivity contribution in [3.05, 3.63) is 54.4 Å². The Morgan fingerprint density at radius 3 is 2.79 bits per heavy atom. The standard InChI is InChI=1S/C17H21N5O2/c1-21(12-15-18-8-9-22(15)10-11-23-2)13-16-19-20-17(24-16)14-6-4-3-5-7-14/h3-9H,10-13H2,1-2H3. The molecule has 3 rings (SSSR count). The third-order valence-corrected chi connectivity index (χ3v) is 3.64. The molecule has 126 valence electrons. The van der Waals surface area contributed by atoms with Gasteiger partial charge in [0.15, 0.2) is 0 Å². The molecular formula is C17H21N5O2. The van der Waals surface area contributed by atoms with Crippen LogP contribution in [-0.4, -0.2) is 45.4 Å². The molecule has 3 aromatic rings. The first kappa shape index (κ1) is 16.4. The molecule has 0 amide bonds. The van der Waals surface area contributed by atoms with Gasteiger partial charge in [0.2, 0.25) is 11.8 Å². The predicted molar refractivity (Wildman–Crippen MR) is 89.0 cm³/mol. The van der Waals surface area contributed by atoms with Crippen LogP contribution in [-0.2, 0) is 24.4 Å². The molecule has 0 N–H and O–H groups in total. The fourth-order valence-electron chi connectivity index (χ4n) is 2.43. The monoisotopic (exact) mass is 327 g/mol. The van der Waals surface area contributed by atoms with Gasteiger partial charge in [0, 0.05) is 31.6 Å². The van der Waals surface area contributed by atoms with E-state index in [4.69, 9.17) is 9.15 Å². The number of hydrogen-bond donors (Lipinski definition) is 0. The van der Waals surface area contributed by atoms with E-state index < -0.39 is 0 Å². The topological polar surface area (TPSA) is 69.2 Å². The minimum Gasteiger partial charge on any atom is -0.419 e. The van der Waals surface area contributed by atoms with Gasteiger partial charge in [-0.3, -0.25) is 4.90 Å². The summed E-state index contributed by atoms with van der Waals surface area (Å²) in [5, 5.41) is 8.24. The number of ether oxygens (including phenoxy) is 1. The van der Waals surface area contributed by atoms with Crippen molar-refractivity contribution in [3.8, 4) is 11.5 Å². The van der Waals surface area contributed by atoms with Gasteiger partial charge in [-0.2, -0.15) is 0 Å². The largest absolute Gasteiger partial charge is 0.419 e. The minimum absolute atomic E-state index is 0.542. The first-order chi connectivity index (χ1) is 11.8. The zero-order valence-electron chi connectivity index (χ0n) is 13.9. The lowest BCUT2D eigenvalue weighted by Crippen LogP contribution is -2.21. The number of nitrogens with zero attached hydrogens (tertiary/aromatic N) is 5. The maximum Gasteiger partial charge on any atom is 0.247 e. The normalized spacial score (nSPS) is 11.3. The van der Waals surface area contributed by atoms with Crippen molar-refractivity contribution in [2.24, 2.45) is 0 Å². The molecule has 0 atom stereocenters. The Labute approximate surface area is 140 Å². The molecule has 0 saturated heterocycles. The summed E-state index contributed by atoms with van der Waals surface area (Å²) < 4.78 is 13.0. The summed E-state index contributed by atoms with van der Waals surface area (Å²) >= 11 is 0. The Bertz CT molecular complexity index is 753. The summed E-state index contributed by atoms with van der Waals surface area (Å²) in [6.07, 6.45) is 3.77. The van der Waals surface area contributed by atoms with Crippen molar-refractivity contribution in [1.29, 1.82) is 0 Å². The summed E-state index contributed by atoms with van der Waals surface area (Å²) in [7, 11) is 3.70. The van der Waals surface area contributed by atoms with E-state index in [1.54, 1.807) is 13.3 Å². The molecule has 7 nitrogen and oxygen atoms in total. The first-order valence-corrected chi connectivity index (χ1v) is 7.81. The molecule has 0 fully saturated rings. The minimum atomic E-state index is 0.542. The van der Waals surface area contributed by atoms with Crippen molar-refractivity contribution in [2.45, 2.75) is 19.6 Å². The second-order valence-corrected chi connectivity index (χ2v) is 5.57. The van der Waals surface area contributed by atoms with Crippen LogP contribution >= 0.6 is 0 Å². The molecule has 0 radical (unpaired) electrons. The Hall–Kier alpha value is -2.51. The van der Waals surface area contributed by atoms with Gasteiger partial charge in [0.25, 0.3) is 0 Å². The highest BCUT2D eigenvalue weighted by molar-refractivity contribution is 5.51. The number of hydrogen-bond acceptors (Lipinski definition) is 6. The number of aromatic nitrogens is 4. The highest BCUT2D eigenvalue weighted by Crippen LogP contribution is 2.17. The Morgan fingerprint density at radius 1 is 1.17 bits per heavy atom. The number of benzene rings is 1. The van der Waals surface area contributed by atoms with Crippen LogP contribution in [0.1, 0.15) is 11.7 Å². The molecule has 24 heavy (non-hydrogen) atoms. The smallest absolute Gasteiger partial charge is 0.247 e. The van der Waals surface area contributed by atoms with E-state index in [2.05, 4.69) is 24.6 Å². The third-order valence-electron chi connectivity index (χ3n) is 3.64. The van der Waals surface area contributed by atoms with Gasteiger partial charge in [0.05, 0.1) is 19.7 Å². The summed E-state index contributed by atoms with van der Waals surface area (Å²) in [4.78, 5) is 6.49. The summed E-state index contributed by atoms with van der Waals surface area (Å²) in [6.45, 7) is 2.71. The van der Waals surface area contributed by atoms with Crippen molar-refractivity contribution >= 4 is 0 Å². The highest BCUT2D eigenvalue weighted by atomic mass is 16.5. The molecule has 0 unspecified atom stereocenters. The second-order valence-electron chi connectivity index (χ2n) is 5.57. The van der Waals surface area contributed by atoms with Crippen molar-refractivity contribution < 1.29 is 9.15 Å². The average molecular weight is 327 g/mol. The van der Waals surface area contributed by atoms with Crippen LogP contribution in [0.4, 0.5) is 0 Å². The Morgan fingerprint density at radius 2 is 2.00 bits per heavy atom. The maximum atomic E-state index is 5.74. The predicted octanol–water partition coefficient (Wildman–Crippen LogP) is 2.21.